The molecule has 0 spiro atoms. The smallest absolute Gasteiger partial charge is 0.248 e. The number of rotatable bonds is 1. The Morgan fingerprint density at radius 2 is 1.92 bits per heavy atom. The van der Waals surface area contributed by atoms with Crippen molar-refractivity contribution in [3.05, 3.63) is 0 Å². The fraction of sp³-hybridized carbons (Fsp3) is 1.00. The summed E-state index contributed by atoms with van der Waals surface area (Å²) >= 11 is 0. The highest BCUT2D eigenvalue weighted by atomic mass is 19.3. The fourth-order valence-electron chi connectivity index (χ4n) is 2.26. The molecule has 1 nitrogen and oxygen atoms in total. The summed E-state index contributed by atoms with van der Waals surface area (Å²) in [4.78, 5) is 0. The van der Waals surface area contributed by atoms with Crippen molar-refractivity contribution in [2.24, 2.45) is 11.8 Å². The van der Waals surface area contributed by atoms with Crippen molar-refractivity contribution in [1.82, 2.24) is 5.32 Å². The van der Waals surface area contributed by atoms with Crippen LogP contribution in [0.3, 0.4) is 0 Å². The van der Waals surface area contributed by atoms with E-state index in [1.165, 1.54) is 0 Å². The number of hydrogen-bond donors (Lipinski definition) is 1. The fourth-order valence-corrected chi connectivity index (χ4v) is 2.26. The molecule has 1 saturated carbocycles. The predicted molar refractivity (Wildman–Crippen MR) is 43.3 cm³/mol. The third kappa shape index (κ3) is 1.60. The van der Waals surface area contributed by atoms with Crippen LogP contribution in [0.2, 0.25) is 0 Å². The summed E-state index contributed by atoms with van der Waals surface area (Å²) in [5, 5.41) is 3.14. The second kappa shape index (κ2) is 2.95. The summed E-state index contributed by atoms with van der Waals surface area (Å²) in [6, 6.07) is 0. The van der Waals surface area contributed by atoms with Gasteiger partial charge in [0.05, 0.1) is 0 Å². The quantitative estimate of drug-likeness (QED) is 0.643. The van der Waals surface area contributed by atoms with Crippen molar-refractivity contribution in [3.8, 4) is 0 Å². The maximum absolute atomic E-state index is 13.0. The van der Waals surface area contributed by atoms with Gasteiger partial charge in [-0.15, -0.1) is 0 Å². The molecule has 0 aromatic heterocycles. The number of alkyl halides is 2. The first-order valence-electron chi connectivity index (χ1n) is 4.76. The van der Waals surface area contributed by atoms with E-state index in [0.717, 1.165) is 19.5 Å². The van der Waals surface area contributed by atoms with Crippen LogP contribution in [0.15, 0.2) is 0 Å². The molecular formula is C9H15F2N. The molecule has 1 saturated heterocycles. The molecule has 1 atom stereocenters. The van der Waals surface area contributed by atoms with E-state index < -0.39 is 5.92 Å². The first kappa shape index (κ1) is 8.42. The lowest BCUT2D eigenvalue weighted by molar-refractivity contribution is -0.0659. The minimum absolute atomic E-state index is 0.115. The summed E-state index contributed by atoms with van der Waals surface area (Å²) in [7, 11) is 0. The van der Waals surface area contributed by atoms with Gasteiger partial charge in [-0.25, -0.2) is 8.78 Å². The monoisotopic (exact) mass is 175 g/mol. The van der Waals surface area contributed by atoms with Gasteiger partial charge < -0.3 is 5.32 Å². The van der Waals surface area contributed by atoms with Crippen molar-refractivity contribution < 1.29 is 8.78 Å². The van der Waals surface area contributed by atoms with Crippen molar-refractivity contribution in [2.75, 3.05) is 13.1 Å². The second-order valence-corrected chi connectivity index (χ2v) is 4.13. The van der Waals surface area contributed by atoms with Gasteiger partial charge in [0.2, 0.25) is 5.92 Å². The van der Waals surface area contributed by atoms with Crippen LogP contribution >= 0.6 is 0 Å². The van der Waals surface area contributed by atoms with Gasteiger partial charge in [-0.2, -0.15) is 0 Å². The molecule has 0 radical (unpaired) electrons. The highest BCUT2D eigenvalue weighted by Gasteiger charge is 2.40. The molecule has 1 unspecified atom stereocenters. The molecule has 2 rings (SSSR count). The molecule has 0 aromatic rings. The largest absolute Gasteiger partial charge is 0.316 e. The third-order valence-corrected chi connectivity index (χ3v) is 3.16. The molecule has 1 N–H and O–H groups in total. The molecule has 2 aliphatic rings. The van der Waals surface area contributed by atoms with Crippen molar-refractivity contribution in [2.45, 2.75) is 31.6 Å². The molecule has 70 valence electrons. The van der Waals surface area contributed by atoms with E-state index in [-0.39, 0.29) is 18.8 Å². The Kier molecular flexibility index (Phi) is 2.07. The van der Waals surface area contributed by atoms with E-state index >= 15 is 0 Å². The van der Waals surface area contributed by atoms with Crippen LogP contribution in [0.4, 0.5) is 8.78 Å². The topological polar surface area (TPSA) is 12.0 Å². The molecule has 12 heavy (non-hydrogen) atoms. The lowest BCUT2D eigenvalue weighted by Gasteiger charge is -2.39. The number of halogens is 2. The Hall–Kier alpha value is -0.180. The normalized spacial score (nSPS) is 36.0. The number of nitrogens with one attached hydrogen (secondary N) is 1. The summed E-state index contributed by atoms with van der Waals surface area (Å²) in [6.07, 6.45) is 1.99. The molecule has 3 heteroatoms. The summed E-state index contributed by atoms with van der Waals surface area (Å²) < 4.78 is 25.9. The van der Waals surface area contributed by atoms with Crippen LogP contribution in [0.25, 0.3) is 0 Å². The van der Waals surface area contributed by atoms with Crippen LogP contribution in [-0.2, 0) is 0 Å². The van der Waals surface area contributed by atoms with Crippen LogP contribution in [0.5, 0.6) is 0 Å². The second-order valence-electron chi connectivity index (χ2n) is 4.13. The zero-order valence-electron chi connectivity index (χ0n) is 7.15. The van der Waals surface area contributed by atoms with E-state index in [2.05, 4.69) is 5.32 Å². The van der Waals surface area contributed by atoms with Gasteiger partial charge in [0.25, 0.3) is 0 Å². The summed E-state index contributed by atoms with van der Waals surface area (Å²) in [5.41, 5.74) is 0. The van der Waals surface area contributed by atoms with Gasteiger partial charge >= 0.3 is 0 Å². The Morgan fingerprint density at radius 3 is 2.42 bits per heavy atom. The van der Waals surface area contributed by atoms with E-state index in [1.807, 2.05) is 0 Å². The minimum atomic E-state index is -2.36. The first-order chi connectivity index (χ1) is 5.67. The van der Waals surface area contributed by atoms with Crippen molar-refractivity contribution in [3.63, 3.8) is 0 Å². The number of hydrogen-bond acceptors (Lipinski definition) is 1. The maximum Gasteiger partial charge on any atom is 0.248 e. The Morgan fingerprint density at radius 1 is 1.17 bits per heavy atom. The van der Waals surface area contributed by atoms with Gasteiger partial charge in [-0.3, -0.25) is 0 Å². The van der Waals surface area contributed by atoms with Crippen LogP contribution in [0.1, 0.15) is 25.7 Å². The average Bonchev–Trinajstić information content (AvgIpc) is 1.80. The highest BCUT2D eigenvalue weighted by Crippen LogP contribution is 2.40. The SMILES string of the molecule is FC1(F)CCCC(C2CNC2)C1. The molecule has 0 amide bonds. The van der Waals surface area contributed by atoms with E-state index in [9.17, 15) is 8.78 Å². The standard InChI is InChI=1S/C9H15F2N/c10-9(11)3-1-2-7(4-9)8-5-12-6-8/h7-8,12H,1-6H2. The van der Waals surface area contributed by atoms with Gasteiger partial charge in [0, 0.05) is 12.8 Å². The van der Waals surface area contributed by atoms with Crippen molar-refractivity contribution >= 4 is 0 Å². The van der Waals surface area contributed by atoms with E-state index in [4.69, 9.17) is 0 Å². The third-order valence-electron chi connectivity index (χ3n) is 3.16. The molecule has 1 aliphatic carbocycles. The molecule has 1 heterocycles. The van der Waals surface area contributed by atoms with Crippen LogP contribution in [-0.4, -0.2) is 19.0 Å². The molecule has 0 bridgehead atoms. The minimum Gasteiger partial charge on any atom is -0.316 e. The molecule has 0 aromatic carbocycles. The molecule has 2 fully saturated rings. The zero-order chi connectivity index (χ0) is 8.60. The Labute approximate surface area is 71.5 Å². The first-order valence-corrected chi connectivity index (χ1v) is 4.76. The highest BCUT2D eigenvalue weighted by molar-refractivity contribution is 4.88. The summed E-state index contributed by atoms with van der Waals surface area (Å²) in [5.74, 6) is -1.54. The zero-order valence-corrected chi connectivity index (χ0v) is 7.15. The van der Waals surface area contributed by atoms with E-state index in [1.54, 1.807) is 0 Å². The van der Waals surface area contributed by atoms with Gasteiger partial charge in [-0.05, 0) is 37.8 Å². The summed E-state index contributed by atoms with van der Waals surface area (Å²) in [6.45, 7) is 1.92. The van der Waals surface area contributed by atoms with Crippen LogP contribution < -0.4 is 5.32 Å². The van der Waals surface area contributed by atoms with E-state index in [0.29, 0.717) is 12.3 Å². The van der Waals surface area contributed by atoms with Crippen molar-refractivity contribution in [1.29, 1.82) is 0 Å². The Bertz CT molecular complexity index is 166. The van der Waals surface area contributed by atoms with Crippen LogP contribution in [0, 0.1) is 11.8 Å². The molecular weight excluding hydrogens is 160 g/mol. The van der Waals surface area contributed by atoms with Gasteiger partial charge in [0.1, 0.15) is 0 Å². The Balaban J connectivity index is 1.89. The lowest BCUT2D eigenvalue weighted by atomic mass is 9.76. The predicted octanol–water partition coefficient (Wildman–Crippen LogP) is 2.03. The average molecular weight is 175 g/mol. The molecule has 1 aliphatic heterocycles. The van der Waals surface area contributed by atoms with Gasteiger partial charge in [0.15, 0.2) is 0 Å². The lowest BCUT2D eigenvalue weighted by Crippen LogP contribution is -2.48. The maximum atomic E-state index is 13.0. The van der Waals surface area contributed by atoms with Gasteiger partial charge in [-0.1, -0.05) is 0 Å².